The molecular weight excluding hydrogens is 348 g/mol. The molecular formula is C16H14N2O6S. The van der Waals surface area contributed by atoms with Crippen molar-refractivity contribution in [2.75, 3.05) is 7.11 Å². The van der Waals surface area contributed by atoms with E-state index in [9.17, 15) is 23.3 Å². The highest BCUT2D eigenvalue weighted by atomic mass is 32.2. The van der Waals surface area contributed by atoms with Gasteiger partial charge in [-0.2, -0.15) is 4.31 Å². The van der Waals surface area contributed by atoms with E-state index in [-0.39, 0.29) is 10.6 Å². The van der Waals surface area contributed by atoms with Gasteiger partial charge in [-0.25, -0.2) is 8.42 Å². The lowest BCUT2D eigenvalue weighted by atomic mass is 10.1. The number of non-ortho nitro benzene ring substituents is 1. The Labute approximate surface area is 143 Å². The Bertz CT molecular complexity index is 911. The molecule has 1 aliphatic heterocycles. The Morgan fingerprint density at radius 1 is 1.12 bits per heavy atom. The van der Waals surface area contributed by atoms with E-state index in [2.05, 4.69) is 0 Å². The number of nitro benzene ring substituents is 1. The number of hydrogen-bond acceptors (Lipinski definition) is 6. The smallest absolute Gasteiger partial charge is 0.326 e. The SMILES string of the molecule is COC(=O)C1C(c2ccccc2)N1S(=O)(=O)c1ccc([N+](=O)[O-])cc1. The van der Waals surface area contributed by atoms with Crippen LogP contribution in [0.1, 0.15) is 11.6 Å². The molecule has 0 N–H and O–H groups in total. The van der Waals surface area contributed by atoms with E-state index in [1.807, 2.05) is 0 Å². The maximum absolute atomic E-state index is 12.8. The van der Waals surface area contributed by atoms with Crippen molar-refractivity contribution in [2.45, 2.75) is 17.0 Å². The number of carbonyl (C=O) groups is 1. The maximum Gasteiger partial charge on any atom is 0.326 e. The van der Waals surface area contributed by atoms with Gasteiger partial charge in [0.25, 0.3) is 5.69 Å². The van der Waals surface area contributed by atoms with Crippen molar-refractivity contribution in [3.8, 4) is 0 Å². The molecule has 9 heteroatoms. The molecule has 0 bridgehead atoms. The van der Waals surface area contributed by atoms with Crippen molar-refractivity contribution in [3.05, 3.63) is 70.3 Å². The van der Waals surface area contributed by atoms with Crippen LogP contribution in [0.3, 0.4) is 0 Å². The summed E-state index contributed by atoms with van der Waals surface area (Å²) in [6.45, 7) is 0. The van der Waals surface area contributed by atoms with Crippen molar-refractivity contribution in [1.82, 2.24) is 4.31 Å². The van der Waals surface area contributed by atoms with Gasteiger partial charge in [0.15, 0.2) is 0 Å². The maximum atomic E-state index is 12.8. The van der Waals surface area contributed by atoms with Crippen LogP contribution in [0.15, 0.2) is 59.5 Å². The summed E-state index contributed by atoms with van der Waals surface area (Å²) in [4.78, 5) is 21.9. The highest BCUT2D eigenvalue weighted by Gasteiger charge is 2.61. The van der Waals surface area contributed by atoms with Gasteiger partial charge in [0.1, 0.15) is 6.04 Å². The summed E-state index contributed by atoms with van der Waals surface area (Å²) in [6.07, 6.45) is 0. The van der Waals surface area contributed by atoms with Crippen LogP contribution < -0.4 is 0 Å². The zero-order valence-corrected chi connectivity index (χ0v) is 13.9. The van der Waals surface area contributed by atoms with Crippen LogP contribution in [0.2, 0.25) is 0 Å². The van der Waals surface area contributed by atoms with E-state index in [1.165, 1.54) is 7.11 Å². The number of esters is 1. The molecule has 2 aromatic rings. The second kappa shape index (κ2) is 6.26. The number of carbonyl (C=O) groups excluding carboxylic acids is 1. The van der Waals surface area contributed by atoms with Crippen LogP contribution in [0.4, 0.5) is 5.69 Å². The standard InChI is InChI=1S/C16H14N2O6S/c1-24-16(19)15-14(11-5-3-2-4-6-11)17(15)25(22,23)13-9-7-12(8-10-13)18(20)21/h2-10,14-15H,1H3. The van der Waals surface area contributed by atoms with Gasteiger partial charge in [0, 0.05) is 12.1 Å². The van der Waals surface area contributed by atoms with Gasteiger partial charge in [-0.3, -0.25) is 14.9 Å². The van der Waals surface area contributed by atoms with Gasteiger partial charge >= 0.3 is 5.97 Å². The molecule has 0 saturated carbocycles. The predicted molar refractivity (Wildman–Crippen MR) is 87.1 cm³/mol. The quantitative estimate of drug-likeness (QED) is 0.348. The molecule has 0 radical (unpaired) electrons. The van der Waals surface area contributed by atoms with Crippen LogP contribution in [0.25, 0.3) is 0 Å². The van der Waals surface area contributed by atoms with Crippen molar-refractivity contribution in [1.29, 1.82) is 0 Å². The summed E-state index contributed by atoms with van der Waals surface area (Å²) in [5, 5.41) is 10.7. The summed E-state index contributed by atoms with van der Waals surface area (Å²) in [7, 11) is -2.81. The molecule has 0 aliphatic carbocycles. The minimum absolute atomic E-state index is 0.120. The molecule has 3 atom stereocenters. The van der Waals surface area contributed by atoms with Gasteiger partial charge in [-0.15, -0.1) is 0 Å². The average Bonchev–Trinajstić information content (AvgIpc) is 3.38. The number of rotatable bonds is 5. The largest absolute Gasteiger partial charge is 0.468 e. The highest BCUT2D eigenvalue weighted by Crippen LogP contribution is 2.48. The van der Waals surface area contributed by atoms with Crippen molar-refractivity contribution < 1.29 is 22.9 Å². The van der Waals surface area contributed by atoms with Crippen molar-refractivity contribution in [3.63, 3.8) is 0 Å². The molecule has 25 heavy (non-hydrogen) atoms. The molecule has 0 spiro atoms. The third-order valence-electron chi connectivity index (χ3n) is 3.96. The Balaban J connectivity index is 1.97. The fraction of sp³-hybridized carbons (Fsp3) is 0.188. The third-order valence-corrected chi connectivity index (χ3v) is 5.84. The van der Waals surface area contributed by atoms with Crippen molar-refractivity contribution >= 4 is 21.7 Å². The number of nitro groups is 1. The molecule has 1 saturated heterocycles. The van der Waals surface area contributed by atoms with E-state index < -0.39 is 33.0 Å². The summed E-state index contributed by atoms with van der Waals surface area (Å²) >= 11 is 0. The zero-order chi connectivity index (χ0) is 18.2. The molecule has 3 rings (SSSR count). The Morgan fingerprint density at radius 3 is 2.24 bits per heavy atom. The molecule has 0 aromatic heterocycles. The minimum Gasteiger partial charge on any atom is -0.468 e. The number of nitrogens with zero attached hydrogens (tertiary/aromatic N) is 2. The number of ether oxygens (including phenoxy) is 1. The van der Waals surface area contributed by atoms with E-state index in [0.717, 1.165) is 28.6 Å². The topological polar surface area (TPSA) is 107 Å². The molecule has 3 unspecified atom stereocenters. The summed E-state index contributed by atoms with van der Waals surface area (Å²) in [5.41, 5.74) is 0.456. The third kappa shape index (κ3) is 2.99. The summed E-state index contributed by atoms with van der Waals surface area (Å²) in [6, 6.07) is 11.7. The minimum atomic E-state index is -4.00. The van der Waals surface area contributed by atoms with Gasteiger partial charge in [-0.1, -0.05) is 30.3 Å². The fourth-order valence-electron chi connectivity index (χ4n) is 2.70. The van der Waals surface area contributed by atoms with Crippen LogP contribution in [0, 0.1) is 10.1 Å². The lowest BCUT2D eigenvalue weighted by Gasteiger charge is -2.06. The number of hydrogen-bond donors (Lipinski definition) is 0. The van der Waals surface area contributed by atoms with E-state index in [0.29, 0.717) is 5.56 Å². The monoisotopic (exact) mass is 362 g/mol. The summed E-state index contributed by atoms with van der Waals surface area (Å²) in [5.74, 6) is -0.653. The van der Waals surface area contributed by atoms with E-state index >= 15 is 0 Å². The fourth-order valence-corrected chi connectivity index (χ4v) is 4.41. The first-order valence-corrected chi connectivity index (χ1v) is 8.72. The molecule has 1 fully saturated rings. The number of methoxy groups -OCH3 is 1. The van der Waals surface area contributed by atoms with Gasteiger partial charge in [0.05, 0.1) is 23.0 Å². The first-order valence-electron chi connectivity index (χ1n) is 7.28. The molecule has 2 aromatic carbocycles. The zero-order valence-electron chi connectivity index (χ0n) is 13.1. The van der Waals surface area contributed by atoms with Gasteiger partial charge in [-0.05, 0) is 17.7 Å². The highest BCUT2D eigenvalue weighted by molar-refractivity contribution is 7.89. The van der Waals surface area contributed by atoms with Gasteiger partial charge < -0.3 is 4.74 Å². The second-order valence-electron chi connectivity index (χ2n) is 5.41. The second-order valence-corrected chi connectivity index (χ2v) is 7.25. The number of sulfonamides is 1. The molecule has 1 heterocycles. The summed E-state index contributed by atoms with van der Waals surface area (Å²) < 4.78 is 31.4. The first-order chi connectivity index (χ1) is 11.9. The van der Waals surface area contributed by atoms with E-state index in [4.69, 9.17) is 4.74 Å². The molecule has 8 nitrogen and oxygen atoms in total. The lowest BCUT2D eigenvalue weighted by molar-refractivity contribution is -0.384. The average molecular weight is 362 g/mol. The normalized spacial score (nSPS) is 22.2. The van der Waals surface area contributed by atoms with Crippen LogP contribution in [-0.2, 0) is 19.6 Å². The Hall–Kier alpha value is -2.78. The molecule has 0 amide bonds. The Kier molecular flexibility index (Phi) is 4.27. The van der Waals surface area contributed by atoms with Crippen LogP contribution >= 0.6 is 0 Å². The molecule has 1 aliphatic rings. The van der Waals surface area contributed by atoms with E-state index in [1.54, 1.807) is 30.3 Å². The predicted octanol–water partition coefficient (Wildman–Crippen LogP) is 1.88. The molecule has 130 valence electrons. The van der Waals surface area contributed by atoms with Gasteiger partial charge in [0.2, 0.25) is 10.0 Å². The lowest BCUT2D eigenvalue weighted by Crippen LogP contribution is -2.20. The van der Waals surface area contributed by atoms with Crippen LogP contribution in [0.5, 0.6) is 0 Å². The van der Waals surface area contributed by atoms with Crippen molar-refractivity contribution in [2.24, 2.45) is 0 Å². The Morgan fingerprint density at radius 2 is 1.72 bits per heavy atom. The first kappa shape index (κ1) is 17.1. The number of benzene rings is 2. The van der Waals surface area contributed by atoms with Crippen LogP contribution in [-0.4, -0.2) is 36.8 Å².